The van der Waals surface area contributed by atoms with Crippen molar-refractivity contribution in [3.8, 4) is 0 Å². The minimum Gasteiger partial charge on any atom is -0.312 e. The fourth-order valence-corrected chi connectivity index (χ4v) is 4.41. The molecule has 1 amide bonds. The van der Waals surface area contributed by atoms with Crippen molar-refractivity contribution in [3.05, 3.63) is 53.6 Å². The summed E-state index contributed by atoms with van der Waals surface area (Å²) in [7, 11) is -3.78. The summed E-state index contributed by atoms with van der Waals surface area (Å²) in [6.07, 6.45) is 2.59. The predicted octanol–water partition coefficient (Wildman–Crippen LogP) is 2.99. The zero-order valence-electron chi connectivity index (χ0n) is 14.9. The summed E-state index contributed by atoms with van der Waals surface area (Å²) in [5, 5.41) is 0. The number of anilines is 2. The van der Waals surface area contributed by atoms with Gasteiger partial charge in [0.15, 0.2) is 5.78 Å². The lowest BCUT2D eigenvalue weighted by atomic mass is 10.1. The summed E-state index contributed by atoms with van der Waals surface area (Å²) in [5.74, 6) is 0.112. The number of Topliss-reactive ketones (excluding diaryl/α,β-unsaturated/α-hetero) is 1. The van der Waals surface area contributed by atoms with Gasteiger partial charge in [0.2, 0.25) is 5.91 Å². The molecule has 2 aromatic rings. The van der Waals surface area contributed by atoms with Crippen molar-refractivity contribution in [2.75, 3.05) is 16.2 Å². The molecule has 1 heterocycles. The van der Waals surface area contributed by atoms with E-state index in [2.05, 4.69) is 4.72 Å². The van der Waals surface area contributed by atoms with Gasteiger partial charge in [0.05, 0.1) is 10.6 Å². The van der Waals surface area contributed by atoms with Crippen LogP contribution in [0.15, 0.2) is 47.4 Å². The highest BCUT2D eigenvalue weighted by Gasteiger charge is 2.30. The molecule has 1 aliphatic carbocycles. The highest BCUT2D eigenvalue weighted by atomic mass is 32.2. The maximum atomic E-state index is 12.7. The topological polar surface area (TPSA) is 83.6 Å². The van der Waals surface area contributed by atoms with Gasteiger partial charge in [0, 0.05) is 30.6 Å². The van der Waals surface area contributed by atoms with Gasteiger partial charge in [0.1, 0.15) is 0 Å². The van der Waals surface area contributed by atoms with E-state index in [1.54, 1.807) is 29.2 Å². The van der Waals surface area contributed by atoms with Gasteiger partial charge < -0.3 is 4.90 Å². The zero-order valence-corrected chi connectivity index (χ0v) is 15.8. The first-order valence-corrected chi connectivity index (χ1v) is 10.4. The monoisotopic (exact) mass is 384 g/mol. The molecule has 2 aliphatic rings. The van der Waals surface area contributed by atoms with Crippen LogP contribution in [0.5, 0.6) is 0 Å². The number of hydrogen-bond acceptors (Lipinski definition) is 4. The van der Waals surface area contributed by atoms with Gasteiger partial charge in [-0.25, -0.2) is 8.42 Å². The first-order valence-electron chi connectivity index (χ1n) is 8.93. The van der Waals surface area contributed by atoms with Crippen molar-refractivity contribution in [2.24, 2.45) is 5.92 Å². The van der Waals surface area contributed by atoms with Gasteiger partial charge in [-0.3, -0.25) is 14.3 Å². The molecule has 140 valence electrons. The van der Waals surface area contributed by atoms with E-state index in [-0.39, 0.29) is 22.5 Å². The summed E-state index contributed by atoms with van der Waals surface area (Å²) in [5.41, 5.74) is 2.72. The van der Waals surface area contributed by atoms with Crippen molar-refractivity contribution in [1.82, 2.24) is 0 Å². The van der Waals surface area contributed by atoms with Gasteiger partial charge in [-0.2, -0.15) is 0 Å². The molecule has 0 bridgehead atoms. The SMILES string of the molecule is CC(=O)N1CCc2ccc(NS(=O)(=O)c3ccc(C(=O)C4CC4)cc3)cc21. The lowest BCUT2D eigenvalue weighted by Gasteiger charge is -2.16. The van der Waals surface area contributed by atoms with E-state index >= 15 is 0 Å². The number of carbonyl (C=O) groups excluding carboxylic acids is 2. The molecule has 27 heavy (non-hydrogen) atoms. The van der Waals surface area contributed by atoms with Crippen molar-refractivity contribution in [2.45, 2.75) is 31.1 Å². The Morgan fingerprint density at radius 2 is 1.78 bits per heavy atom. The number of nitrogens with zero attached hydrogens (tertiary/aromatic N) is 1. The maximum Gasteiger partial charge on any atom is 0.261 e. The molecule has 7 heteroatoms. The standard InChI is InChI=1S/C20H20N2O4S/c1-13(23)22-11-10-14-4-7-17(12-19(14)22)21-27(25,26)18-8-5-16(6-9-18)20(24)15-2-3-15/h4-9,12,15,21H,2-3,10-11H2,1H3. The normalized spacial score (nSPS) is 16.1. The molecule has 1 fully saturated rings. The Hall–Kier alpha value is -2.67. The van der Waals surface area contributed by atoms with Crippen LogP contribution in [0.1, 0.15) is 35.7 Å². The number of rotatable bonds is 5. The lowest BCUT2D eigenvalue weighted by Crippen LogP contribution is -2.25. The van der Waals surface area contributed by atoms with Crippen LogP contribution >= 0.6 is 0 Å². The second kappa shape index (κ2) is 6.49. The molecule has 0 saturated heterocycles. The first kappa shape index (κ1) is 17.7. The summed E-state index contributed by atoms with van der Waals surface area (Å²) >= 11 is 0. The van der Waals surface area contributed by atoms with E-state index in [1.165, 1.54) is 19.1 Å². The smallest absolute Gasteiger partial charge is 0.261 e. The molecule has 0 radical (unpaired) electrons. The number of fused-ring (bicyclic) bond motifs is 1. The second-order valence-electron chi connectivity index (χ2n) is 7.03. The number of nitrogens with one attached hydrogen (secondary N) is 1. The van der Waals surface area contributed by atoms with Crippen molar-refractivity contribution in [1.29, 1.82) is 0 Å². The Balaban J connectivity index is 1.56. The molecule has 4 rings (SSSR count). The fraction of sp³-hybridized carbons (Fsp3) is 0.300. The number of carbonyl (C=O) groups is 2. The molecule has 0 aromatic heterocycles. The number of sulfonamides is 1. The van der Waals surface area contributed by atoms with Crippen LogP contribution in [-0.4, -0.2) is 26.7 Å². The van der Waals surface area contributed by atoms with E-state index < -0.39 is 10.0 Å². The van der Waals surface area contributed by atoms with Gasteiger partial charge >= 0.3 is 0 Å². The van der Waals surface area contributed by atoms with E-state index in [0.717, 1.165) is 30.5 Å². The highest BCUT2D eigenvalue weighted by Crippen LogP contribution is 2.33. The van der Waals surface area contributed by atoms with E-state index in [9.17, 15) is 18.0 Å². The molecule has 0 spiro atoms. The number of amides is 1. The summed E-state index contributed by atoms with van der Waals surface area (Å²) in [6.45, 7) is 2.10. The summed E-state index contributed by atoms with van der Waals surface area (Å²) in [6, 6.07) is 11.3. The fourth-order valence-electron chi connectivity index (χ4n) is 3.36. The Bertz CT molecular complexity index is 1020. The highest BCUT2D eigenvalue weighted by molar-refractivity contribution is 7.92. The third kappa shape index (κ3) is 3.47. The van der Waals surface area contributed by atoms with Gasteiger partial charge in [-0.15, -0.1) is 0 Å². The van der Waals surface area contributed by atoms with E-state index in [4.69, 9.17) is 0 Å². The predicted molar refractivity (Wildman–Crippen MR) is 102 cm³/mol. The Morgan fingerprint density at radius 3 is 2.41 bits per heavy atom. The minimum absolute atomic E-state index is 0.0651. The first-order chi connectivity index (χ1) is 12.8. The van der Waals surface area contributed by atoms with Crippen molar-refractivity contribution < 1.29 is 18.0 Å². The van der Waals surface area contributed by atoms with E-state index in [0.29, 0.717) is 17.8 Å². The van der Waals surface area contributed by atoms with E-state index in [1.807, 2.05) is 6.07 Å². The van der Waals surface area contributed by atoms with Crippen LogP contribution in [0, 0.1) is 5.92 Å². The third-order valence-corrected chi connectivity index (χ3v) is 6.41. The van der Waals surface area contributed by atoms with Crippen LogP contribution in [-0.2, 0) is 21.2 Å². The lowest BCUT2D eigenvalue weighted by molar-refractivity contribution is -0.116. The van der Waals surface area contributed by atoms with Crippen molar-refractivity contribution >= 4 is 33.1 Å². The molecular weight excluding hydrogens is 364 g/mol. The average Bonchev–Trinajstić information content (AvgIpc) is 3.40. The number of ketones is 1. The Kier molecular flexibility index (Phi) is 4.26. The molecule has 2 aromatic carbocycles. The maximum absolute atomic E-state index is 12.7. The van der Waals surface area contributed by atoms with Crippen LogP contribution in [0.2, 0.25) is 0 Å². The molecular formula is C20H20N2O4S. The molecule has 1 aliphatic heterocycles. The minimum atomic E-state index is -3.78. The molecule has 1 saturated carbocycles. The third-order valence-electron chi connectivity index (χ3n) is 5.01. The van der Waals surface area contributed by atoms with Crippen LogP contribution in [0.25, 0.3) is 0 Å². The Labute approximate surface area is 158 Å². The van der Waals surface area contributed by atoms with Crippen LogP contribution in [0.4, 0.5) is 11.4 Å². The quantitative estimate of drug-likeness (QED) is 0.804. The number of hydrogen-bond donors (Lipinski definition) is 1. The molecule has 0 atom stereocenters. The average molecular weight is 384 g/mol. The van der Waals surface area contributed by atoms with Crippen LogP contribution in [0.3, 0.4) is 0 Å². The molecule has 1 N–H and O–H groups in total. The summed E-state index contributed by atoms with van der Waals surface area (Å²) < 4.78 is 27.9. The van der Waals surface area contributed by atoms with Gasteiger partial charge in [-0.1, -0.05) is 18.2 Å². The van der Waals surface area contributed by atoms with Gasteiger partial charge in [0.25, 0.3) is 10.0 Å². The summed E-state index contributed by atoms with van der Waals surface area (Å²) in [4.78, 5) is 25.5. The number of benzene rings is 2. The van der Waals surface area contributed by atoms with Gasteiger partial charge in [-0.05, 0) is 49.1 Å². The van der Waals surface area contributed by atoms with Crippen LogP contribution < -0.4 is 9.62 Å². The molecule has 6 nitrogen and oxygen atoms in total. The second-order valence-corrected chi connectivity index (χ2v) is 8.71. The molecule has 0 unspecified atom stereocenters. The van der Waals surface area contributed by atoms with Crippen molar-refractivity contribution in [3.63, 3.8) is 0 Å². The zero-order chi connectivity index (χ0) is 19.2. The Morgan fingerprint density at radius 1 is 1.07 bits per heavy atom. The largest absolute Gasteiger partial charge is 0.312 e.